The molecule has 0 fully saturated rings. The van der Waals surface area contributed by atoms with E-state index in [4.69, 9.17) is 0 Å². The molecule has 96 valence electrons. The Morgan fingerprint density at radius 1 is 1.47 bits per heavy atom. The van der Waals surface area contributed by atoms with E-state index in [0.717, 1.165) is 19.6 Å². The fourth-order valence-corrected chi connectivity index (χ4v) is 3.53. The lowest BCUT2D eigenvalue weighted by Gasteiger charge is -2.34. The summed E-state index contributed by atoms with van der Waals surface area (Å²) in [4.78, 5) is 4.28. The molecule has 2 nitrogen and oxygen atoms in total. The van der Waals surface area contributed by atoms with E-state index in [1.165, 1.54) is 25.8 Å². The van der Waals surface area contributed by atoms with Crippen LogP contribution in [0.3, 0.4) is 0 Å². The van der Waals surface area contributed by atoms with E-state index in [1.807, 2.05) is 11.3 Å². The zero-order valence-corrected chi connectivity index (χ0v) is 11.9. The third-order valence-electron chi connectivity index (χ3n) is 3.61. The summed E-state index contributed by atoms with van der Waals surface area (Å²) in [6.07, 6.45) is 3.84. The van der Waals surface area contributed by atoms with Crippen LogP contribution in [0.5, 0.6) is 0 Å². The molecule has 1 unspecified atom stereocenters. The Morgan fingerprint density at radius 3 is 3.12 bits per heavy atom. The molecule has 0 aromatic carbocycles. The van der Waals surface area contributed by atoms with Gasteiger partial charge in [-0.2, -0.15) is 0 Å². The van der Waals surface area contributed by atoms with Gasteiger partial charge in [0, 0.05) is 30.6 Å². The molecule has 0 spiro atoms. The normalized spacial score (nSPS) is 18.0. The van der Waals surface area contributed by atoms with Gasteiger partial charge >= 0.3 is 0 Å². The van der Waals surface area contributed by atoms with Crippen LogP contribution in [0.25, 0.3) is 0 Å². The Kier molecular flexibility index (Phi) is 5.01. The van der Waals surface area contributed by atoms with Gasteiger partial charge in [-0.3, -0.25) is 4.90 Å². The zero-order chi connectivity index (χ0) is 12.1. The Balaban J connectivity index is 1.96. The van der Waals surface area contributed by atoms with Crippen LogP contribution in [0.2, 0.25) is 0 Å². The third-order valence-corrected chi connectivity index (χ3v) is 4.63. The van der Waals surface area contributed by atoms with Gasteiger partial charge in [-0.1, -0.05) is 20.3 Å². The number of nitrogens with one attached hydrogen (secondary N) is 1. The lowest BCUT2D eigenvalue weighted by molar-refractivity contribution is 0.166. The number of nitrogens with zero attached hydrogens (tertiary/aromatic N) is 1. The van der Waals surface area contributed by atoms with E-state index in [1.54, 1.807) is 10.4 Å². The Bertz CT molecular complexity index is 335. The van der Waals surface area contributed by atoms with Crippen LogP contribution >= 0.6 is 11.3 Å². The largest absolute Gasteiger partial charge is 0.315 e. The highest BCUT2D eigenvalue weighted by atomic mass is 32.1. The van der Waals surface area contributed by atoms with Gasteiger partial charge < -0.3 is 5.32 Å². The lowest BCUT2D eigenvalue weighted by atomic mass is 10.0. The summed E-state index contributed by atoms with van der Waals surface area (Å²) >= 11 is 1.93. The number of likely N-dealkylation sites (N-methyl/N-ethyl adjacent to an activating group) is 1. The quantitative estimate of drug-likeness (QED) is 0.837. The second-order valence-electron chi connectivity index (χ2n) is 4.84. The highest BCUT2D eigenvalue weighted by Gasteiger charge is 2.23. The number of fused-ring (bicyclic) bond motifs is 1. The van der Waals surface area contributed by atoms with Crippen molar-refractivity contribution in [3.05, 3.63) is 21.9 Å². The molecule has 1 aliphatic rings. The van der Waals surface area contributed by atoms with Crippen LogP contribution in [0.15, 0.2) is 11.4 Å². The first-order chi connectivity index (χ1) is 8.35. The lowest BCUT2D eigenvalue weighted by Crippen LogP contribution is -2.44. The van der Waals surface area contributed by atoms with E-state index in [0.29, 0.717) is 6.04 Å². The molecule has 1 aliphatic heterocycles. The summed E-state index contributed by atoms with van der Waals surface area (Å²) in [5, 5.41) is 5.75. The van der Waals surface area contributed by atoms with E-state index in [2.05, 4.69) is 35.5 Å². The van der Waals surface area contributed by atoms with Gasteiger partial charge in [0.05, 0.1) is 0 Å². The summed E-state index contributed by atoms with van der Waals surface area (Å²) in [6, 6.07) is 3.02. The summed E-state index contributed by atoms with van der Waals surface area (Å²) in [6.45, 7) is 9.11. The van der Waals surface area contributed by atoms with Crippen molar-refractivity contribution in [1.29, 1.82) is 0 Å². The predicted molar refractivity (Wildman–Crippen MR) is 75.7 cm³/mol. The van der Waals surface area contributed by atoms with E-state index in [-0.39, 0.29) is 0 Å². The first kappa shape index (κ1) is 13.1. The maximum absolute atomic E-state index is 3.51. The van der Waals surface area contributed by atoms with Gasteiger partial charge in [-0.15, -0.1) is 11.3 Å². The highest BCUT2D eigenvalue weighted by molar-refractivity contribution is 7.10. The molecule has 1 N–H and O–H groups in total. The number of rotatable bonds is 6. The van der Waals surface area contributed by atoms with Gasteiger partial charge in [-0.05, 0) is 36.4 Å². The molecular formula is C14H24N2S. The Labute approximate surface area is 109 Å². The molecule has 17 heavy (non-hydrogen) atoms. The predicted octanol–water partition coefficient (Wildman–Crippen LogP) is 2.88. The maximum Gasteiger partial charge on any atom is 0.0248 e. The van der Waals surface area contributed by atoms with Crippen LogP contribution < -0.4 is 5.32 Å². The van der Waals surface area contributed by atoms with E-state index >= 15 is 0 Å². The van der Waals surface area contributed by atoms with Crippen LogP contribution in [-0.4, -0.2) is 30.6 Å². The van der Waals surface area contributed by atoms with Crippen molar-refractivity contribution >= 4 is 11.3 Å². The maximum atomic E-state index is 3.51. The third kappa shape index (κ3) is 3.30. The zero-order valence-electron chi connectivity index (χ0n) is 11.0. The molecule has 1 atom stereocenters. The van der Waals surface area contributed by atoms with Gasteiger partial charge in [0.2, 0.25) is 0 Å². The topological polar surface area (TPSA) is 15.3 Å². The number of thiophene rings is 1. The first-order valence-corrected chi connectivity index (χ1v) is 7.73. The molecular weight excluding hydrogens is 228 g/mol. The van der Waals surface area contributed by atoms with Crippen molar-refractivity contribution in [2.75, 3.05) is 19.6 Å². The molecule has 1 aromatic rings. The fraction of sp³-hybridized carbons (Fsp3) is 0.714. The minimum absolute atomic E-state index is 0.716. The van der Waals surface area contributed by atoms with Crippen LogP contribution in [0, 0.1) is 0 Å². The molecule has 0 amide bonds. The Morgan fingerprint density at radius 2 is 2.35 bits per heavy atom. The van der Waals surface area contributed by atoms with Crippen molar-refractivity contribution in [3.63, 3.8) is 0 Å². The van der Waals surface area contributed by atoms with Crippen molar-refractivity contribution in [2.24, 2.45) is 0 Å². The molecule has 0 radical (unpaired) electrons. The van der Waals surface area contributed by atoms with Crippen LogP contribution in [0.1, 0.15) is 37.1 Å². The average molecular weight is 252 g/mol. The van der Waals surface area contributed by atoms with Gasteiger partial charge in [-0.25, -0.2) is 0 Å². The van der Waals surface area contributed by atoms with Crippen molar-refractivity contribution in [3.8, 4) is 0 Å². The van der Waals surface area contributed by atoms with Crippen LogP contribution in [0.4, 0.5) is 0 Å². The molecule has 0 bridgehead atoms. The minimum Gasteiger partial charge on any atom is -0.315 e. The second-order valence-corrected chi connectivity index (χ2v) is 5.84. The molecule has 0 saturated heterocycles. The van der Waals surface area contributed by atoms with Crippen LogP contribution in [-0.2, 0) is 13.0 Å². The van der Waals surface area contributed by atoms with Gasteiger partial charge in [0.1, 0.15) is 0 Å². The number of hydrogen-bond acceptors (Lipinski definition) is 3. The average Bonchev–Trinajstić information content (AvgIpc) is 2.81. The minimum atomic E-state index is 0.716. The molecule has 2 rings (SSSR count). The highest BCUT2D eigenvalue weighted by Crippen LogP contribution is 2.25. The smallest absolute Gasteiger partial charge is 0.0248 e. The fourth-order valence-electron chi connectivity index (χ4n) is 2.64. The summed E-state index contributed by atoms with van der Waals surface area (Å²) in [7, 11) is 0. The monoisotopic (exact) mass is 252 g/mol. The standard InChI is InChI=1S/C14H24N2S/c1-3-5-13(10-15-4-2)16-8-6-14-12(11-16)7-9-17-14/h7,9,13,15H,3-6,8,10-11H2,1-2H3. The van der Waals surface area contributed by atoms with Crippen molar-refractivity contribution in [1.82, 2.24) is 10.2 Å². The first-order valence-electron chi connectivity index (χ1n) is 6.85. The van der Waals surface area contributed by atoms with E-state index in [9.17, 15) is 0 Å². The molecule has 0 aliphatic carbocycles. The number of hydrogen-bond donors (Lipinski definition) is 1. The summed E-state index contributed by atoms with van der Waals surface area (Å²) in [5.74, 6) is 0. The summed E-state index contributed by atoms with van der Waals surface area (Å²) < 4.78 is 0. The summed E-state index contributed by atoms with van der Waals surface area (Å²) in [5.41, 5.74) is 1.57. The molecule has 3 heteroatoms. The molecule has 0 saturated carbocycles. The van der Waals surface area contributed by atoms with Gasteiger partial charge in [0.25, 0.3) is 0 Å². The SMILES string of the molecule is CCCC(CNCC)N1CCc2sccc2C1. The second kappa shape index (κ2) is 6.53. The van der Waals surface area contributed by atoms with Crippen molar-refractivity contribution in [2.45, 2.75) is 45.7 Å². The van der Waals surface area contributed by atoms with E-state index < -0.39 is 0 Å². The Hall–Kier alpha value is -0.380. The molecule has 1 aromatic heterocycles. The molecule has 2 heterocycles. The van der Waals surface area contributed by atoms with Gasteiger partial charge in [0.15, 0.2) is 0 Å². The van der Waals surface area contributed by atoms with Crippen molar-refractivity contribution < 1.29 is 0 Å².